The molecule has 10 fully saturated rings. The molecular formula is C79H125NO32. The Morgan fingerprint density at radius 1 is 0.527 bits per heavy atom. The summed E-state index contributed by atoms with van der Waals surface area (Å²) in [5, 5.41) is 182. The number of rotatable bonds is 25. The van der Waals surface area contributed by atoms with Gasteiger partial charge in [-0.3, -0.25) is 9.59 Å². The molecule has 112 heavy (non-hydrogen) atoms. The second kappa shape index (κ2) is 35.1. The molecule has 12 rings (SSSR count). The summed E-state index contributed by atoms with van der Waals surface area (Å²) in [6, 6.07) is 7.99. The molecule has 0 aromatic heterocycles. The second-order valence-electron chi connectivity index (χ2n) is 35.3. The van der Waals surface area contributed by atoms with Gasteiger partial charge in [-0.25, -0.2) is 0 Å². The van der Waals surface area contributed by atoms with E-state index in [0.29, 0.717) is 44.9 Å². The summed E-state index contributed by atoms with van der Waals surface area (Å²) in [7, 11) is 3.20. The summed E-state index contributed by atoms with van der Waals surface area (Å²) in [5.74, 6) is -1.85. The maximum atomic E-state index is 15.8. The van der Waals surface area contributed by atoms with Gasteiger partial charge >= 0.3 is 5.97 Å². The monoisotopic (exact) mass is 1600 g/mol. The number of ether oxygens (including phenoxy) is 14. The number of aryl methyl sites for hydroxylation is 1. The number of hydrogen-bond donors (Lipinski definition) is 17. The molecule has 33 heteroatoms. The van der Waals surface area contributed by atoms with Crippen LogP contribution in [0.3, 0.4) is 0 Å². The maximum absolute atomic E-state index is 15.8. The van der Waals surface area contributed by atoms with Gasteiger partial charge in [0.15, 0.2) is 43.7 Å². The molecule has 0 spiro atoms. The number of unbranched alkanes of at least 4 members (excludes halogenated alkanes) is 5. The van der Waals surface area contributed by atoms with Gasteiger partial charge in [-0.1, -0.05) is 84.1 Å². The lowest BCUT2D eigenvalue weighted by Crippen LogP contribution is -2.71. The van der Waals surface area contributed by atoms with Crippen molar-refractivity contribution in [2.24, 2.45) is 44.8 Å². The van der Waals surface area contributed by atoms with E-state index in [4.69, 9.17) is 66.3 Å². The SMILES string of the molecule is COc1ccc(CCCCCCCCNC(=O)C2O[C@@H](O[C@H]3CCC4(C)C5CC=C6C7CC(C)(C)CC[C@]7(C(=O)O[C@@H]7OC(C)[C@H](O)[C@H](O)C7O[C@@H]7OC(C)[C@H](O[C@@H]8OC[C@@H](O)[C@H](O)C8O)[C@H](O)C7O)C(O)C[C@@]6(C)C5(C)CC[C@H]4[C@@]3(C)OC)C(O[C@@H]3OC(CO)[C@H](O)[C@H](O)C3O)[C@@H](O[C@@H]3OC[C@@H](O)[C@H](O)C3O)[C@@H]2O)cc1. The number of amides is 1. The number of allylic oxidation sites excluding steroid dienone is 2. The van der Waals surface area contributed by atoms with E-state index in [0.717, 1.165) is 49.8 Å². The molecule has 17 N–H and O–H groups in total. The van der Waals surface area contributed by atoms with Crippen molar-refractivity contribution in [3.8, 4) is 5.75 Å². The molecule has 15 unspecified atom stereocenters. The topological polar surface area (TPSA) is 499 Å². The molecule has 638 valence electrons. The maximum Gasteiger partial charge on any atom is 0.317 e. The van der Waals surface area contributed by atoms with E-state index in [-0.39, 0.29) is 43.1 Å². The predicted molar refractivity (Wildman–Crippen MR) is 387 cm³/mol. The number of esters is 1. The van der Waals surface area contributed by atoms with E-state index in [1.165, 1.54) is 19.4 Å². The third kappa shape index (κ3) is 16.5. The Labute approximate surface area is 652 Å². The molecule has 6 heterocycles. The Balaban J connectivity index is 0.788. The van der Waals surface area contributed by atoms with Crippen LogP contribution in [0.4, 0.5) is 0 Å². The highest BCUT2D eigenvalue weighted by atomic mass is 16.8. The Morgan fingerprint density at radius 2 is 1.11 bits per heavy atom. The first-order chi connectivity index (χ1) is 52.9. The summed E-state index contributed by atoms with van der Waals surface area (Å²) in [4.78, 5) is 30.5. The molecule has 1 amide bonds. The lowest BCUT2D eigenvalue weighted by Gasteiger charge is -2.71. The summed E-state index contributed by atoms with van der Waals surface area (Å²) in [6.07, 6.45) is -38.3. The highest BCUT2D eigenvalue weighted by Gasteiger charge is 2.73. The normalized spacial score (nSPS) is 48.8. The average molecular weight is 1600 g/mol. The van der Waals surface area contributed by atoms with Crippen LogP contribution in [0.25, 0.3) is 0 Å². The molecular weight excluding hydrogens is 1470 g/mol. The Kier molecular flexibility index (Phi) is 27.5. The van der Waals surface area contributed by atoms with Gasteiger partial charge in [0.05, 0.1) is 56.9 Å². The van der Waals surface area contributed by atoms with E-state index >= 15 is 4.79 Å². The minimum Gasteiger partial charge on any atom is -0.497 e. The lowest BCUT2D eigenvalue weighted by atomic mass is 9.34. The van der Waals surface area contributed by atoms with Gasteiger partial charge in [0, 0.05) is 13.7 Å². The largest absolute Gasteiger partial charge is 0.497 e. The van der Waals surface area contributed by atoms with E-state index in [1.54, 1.807) is 14.2 Å². The fourth-order valence-electron chi connectivity index (χ4n) is 21.0. The lowest BCUT2D eigenvalue weighted by molar-refractivity contribution is -0.394. The summed E-state index contributed by atoms with van der Waals surface area (Å²) >= 11 is 0. The van der Waals surface area contributed by atoms with Crippen LogP contribution in [-0.4, -0.2) is 324 Å². The summed E-state index contributed by atoms with van der Waals surface area (Å²) < 4.78 is 86.3. The van der Waals surface area contributed by atoms with Gasteiger partial charge < -0.3 is 153 Å². The van der Waals surface area contributed by atoms with Crippen molar-refractivity contribution in [2.45, 2.75) is 348 Å². The molecule has 38 atom stereocenters. The van der Waals surface area contributed by atoms with Crippen molar-refractivity contribution in [3.63, 3.8) is 0 Å². The molecule has 6 aliphatic heterocycles. The van der Waals surface area contributed by atoms with Crippen LogP contribution in [0, 0.1) is 44.8 Å². The number of fused-ring (bicyclic) bond motifs is 7. The zero-order valence-electron chi connectivity index (χ0n) is 65.8. The highest BCUT2D eigenvalue weighted by molar-refractivity contribution is 5.82. The first-order valence-corrected chi connectivity index (χ1v) is 40.3. The van der Waals surface area contributed by atoms with Gasteiger partial charge in [0.1, 0.15) is 121 Å². The zero-order chi connectivity index (χ0) is 81.2. The Hall–Kier alpha value is -3.42. The molecule has 33 nitrogen and oxygen atoms in total. The third-order valence-electron chi connectivity index (χ3n) is 28.2. The molecule has 1 aromatic rings. The molecule has 4 saturated carbocycles. The van der Waals surface area contributed by atoms with Crippen molar-refractivity contribution in [2.75, 3.05) is 40.6 Å². The van der Waals surface area contributed by atoms with Crippen LogP contribution in [0.15, 0.2) is 35.9 Å². The number of aliphatic hydroxyl groups is 16. The Bertz CT molecular complexity index is 3320. The molecule has 6 saturated heterocycles. The fourth-order valence-corrected chi connectivity index (χ4v) is 21.0. The number of benzene rings is 1. The standard InChI is InChI=1S/C79H125NO32/c1-36-49(85)54(90)64(110-69-59(95)55(91)61(37(2)104-69)107-67-56(92)50(86)42(82)34-101-67)71(103-36)112-73(98)79-29-28-74(3,4)31-41(79)40-22-23-45-75(5)26-25-48(78(8,100-10)46(75)24-27-76(45,6)77(40,7)32-47(79)84)106-72-65(111-70-58(94)53(89)52(88)44(33-81)105-70)62(108-68-57(93)51(87)43(83)35-102-68)60(96)63(109-72)66(97)80-30-16-14-12-11-13-15-17-38-18-20-39(99-9)21-19-38/h18-22,36-37,41-65,67-72,81-96H,11-17,23-35H2,1-10H3,(H,80,97)/t36?,37?,41?,42-,43-,44?,45?,46-,47?,48+,49+,50+,51+,52+,53+,54+,55-,56?,57?,58?,59?,60+,61+,62+,63?,64?,65?,67+,68+,69+,70+,71+,72-,75?,76?,77-,78-,79-/m1/s1. The van der Waals surface area contributed by atoms with Gasteiger partial charge in [0.25, 0.3) is 5.91 Å². The average Bonchev–Trinajstić information content (AvgIpc) is 0.669. The van der Waals surface area contributed by atoms with Crippen molar-refractivity contribution >= 4 is 11.9 Å². The van der Waals surface area contributed by atoms with Gasteiger partial charge in [-0.05, 0) is 155 Å². The smallest absolute Gasteiger partial charge is 0.317 e. The summed E-state index contributed by atoms with van der Waals surface area (Å²) in [5.41, 5.74) is -2.85. The number of aliphatic hydroxyl groups excluding tert-OH is 16. The minimum absolute atomic E-state index is 0.112. The predicted octanol–water partition coefficient (Wildman–Crippen LogP) is -0.988. The quantitative estimate of drug-likeness (QED) is 0.0242. The molecule has 0 radical (unpaired) electrons. The molecule has 5 aliphatic carbocycles. The van der Waals surface area contributed by atoms with Crippen molar-refractivity contribution < 1.29 is 158 Å². The number of hydrogen-bond acceptors (Lipinski definition) is 32. The number of carbonyl (C=O) groups is 2. The van der Waals surface area contributed by atoms with Crippen molar-refractivity contribution in [1.82, 2.24) is 5.32 Å². The number of nitrogens with one attached hydrogen (secondary N) is 1. The van der Waals surface area contributed by atoms with Gasteiger partial charge in [-0.15, -0.1) is 0 Å². The molecule has 1 aromatic carbocycles. The van der Waals surface area contributed by atoms with E-state index in [1.807, 2.05) is 19.1 Å². The van der Waals surface area contributed by atoms with Crippen LogP contribution >= 0.6 is 0 Å². The minimum atomic E-state index is -2.02. The first kappa shape index (κ1) is 87.9. The highest BCUT2D eigenvalue weighted by Crippen LogP contribution is 2.76. The summed E-state index contributed by atoms with van der Waals surface area (Å²) in [6.45, 7) is 14.2. The van der Waals surface area contributed by atoms with Crippen LogP contribution in [-0.2, 0) is 77.6 Å². The second-order valence-corrected chi connectivity index (χ2v) is 35.3. The number of methoxy groups -OCH3 is 2. The first-order valence-electron chi connectivity index (χ1n) is 40.3. The Morgan fingerprint density at radius 3 is 1.75 bits per heavy atom. The van der Waals surface area contributed by atoms with E-state index in [2.05, 4.69) is 58.1 Å². The van der Waals surface area contributed by atoms with Crippen molar-refractivity contribution in [1.29, 1.82) is 0 Å². The zero-order valence-corrected chi connectivity index (χ0v) is 65.8. The van der Waals surface area contributed by atoms with E-state index < -0.39 is 249 Å². The number of carbonyl (C=O) groups excluding carboxylic acids is 2. The van der Waals surface area contributed by atoms with Crippen LogP contribution < -0.4 is 10.1 Å². The van der Waals surface area contributed by atoms with Crippen LogP contribution in [0.1, 0.15) is 157 Å². The van der Waals surface area contributed by atoms with Crippen LogP contribution in [0.2, 0.25) is 0 Å². The van der Waals surface area contributed by atoms with Gasteiger partial charge in [0.2, 0.25) is 6.29 Å². The van der Waals surface area contributed by atoms with Crippen LogP contribution in [0.5, 0.6) is 5.75 Å². The van der Waals surface area contributed by atoms with Gasteiger partial charge in [-0.2, -0.15) is 0 Å². The molecule has 11 aliphatic rings. The third-order valence-corrected chi connectivity index (χ3v) is 28.2. The van der Waals surface area contributed by atoms with Crippen molar-refractivity contribution in [3.05, 3.63) is 41.5 Å². The molecule has 0 bridgehead atoms. The van der Waals surface area contributed by atoms with E-state index in [9.17, 15) is 86.5 Å². The fraction of sp³-hybridized carbons (Fsp3) is 0.873.